The van der Waals surface area contributed by atoms with Crippen LogP contribution in [0, 0.1) is 22.7 Å². The Bertz CT molecular complexity index is 665. The third-order valence-corrected chi connectivity index (χ3v) is 3.18. The molecule has 0 radical (unpaired) electrons. The maximum absolute atomic E-state index is 8.86. The van der Waals surface area contributed by atoms with Gasteiger partial charge in [0.25, 0.3) is 0 Å². The molecule has 0 spiro atoms. The third kappa shape index (κ3) is 2.50. The van der Waals surface area contributed by atoms with Crippen molar-refractivity contribution in [3.63, 3.8) is 0 Å². The SMILES string of the molecule is COc1cc2cc(OC)c(CC#N)cc2cc1CC#N. The summed E-state index contributed by atoms with van der Waals surface area (Å²) in [6.45, 7) is 0. The first-order valence-electron chi connectivity index (χ1n) is 6.15. The van der Waals surface area contributed by atoms with Crippen molar-refractivity contribution < 1.29 is 9.47 Å². The van der Waals surface area contributed by atoms with Gasteiger partial charge in [-0.1, -0.05) is 0 Å². The van der Waals surface area contributed by atoms with E-state index in [1.807, 2.05) is 24.3 Å². The van der Waals surface area contributed by atoms with Crippen molar-refractivity contribution >= 4 is 10.8 Å². The van der Waals surface area contributed by atoms with Crippen LogP contribution in [0.4, 0.5) is 0 Å². The Kier molecular flexibility index (Phi) is 4.08. The second-order valence-corrected chi connectivity index (χ2v) is 4.35. The van der Waals surface area contributed by atoms with Crippen molar-refractivity contribution in [2.75, 3.05) is 14.2 Å². The molecular formula is C16H14N2O2. The Hall–Kier alpha value is -2.72. The molecule has 0 heterocycles. The van der Waals surface area contributed by atoms with Gasteiger partial charge in [-0.15, -0.1) is 0 Å². The molecule has 0 saturated carbocycles. The van der Waals surface area contributed by atoms with E-state index in [1.165, 1.54) is 0 Å². The summed E-state index contributed by atoms with van der Waals surface area (Å²) in [7, 11) is 3.17. The normalized spacial score (nSPS) is 9.80. The van der Waals surface area contributed by atoms with E-state index in [2.05, 4.69) is 12.1 Å². The van der Waals surface area contributed by atoms with Crippen LogP contribution in [0.15, 0.2) is 24.3 Å². The van der Waals surface area contributed by atoms with Gasteiger partial charge in [0.2, 0.25) is 0 Å². The number of hydrogen-bond donors (Lipinski definition) is 0. The minimum Gasteiger partial charge on any atom is -0.496 e. The van der Waals surface area contributed by atoms with Crippen molar-refractivity contribution in [3.05, 3.63) is 35.4 Å². The fraction of sp³-hybridized carbons (Fsp3) is 0.250. The van der Waals surface area contributed by atoms with Crippen LogP contribution < -0.4 is 9.47 Å². The van der Waals surface area contributed by atoms with Crippen LogP contribution in [-0.2, 0) is 12.8 Å². The maximum Gasteiger partial charge on any atom is 0.123 e. The highest BCUT2D eigenvalue weighted by atomic mass is 16.5. The van der Waals surface area contributed by atoms with E-state index in [1.54, 1.807) is 14.2 Å². The summed E-state index contributed by atoms with van der Waals surface area (Å²) in [6.07, 6.45) is 0.581. The first-order valence-corrected chi connectivity index (χ1v) is 6.15. The highest BCUT2D eigenvalue weighted by molar-refractivity contribution is 5.87. The van der Waals surface area contributed by atoms with Crippen LogP contribution >= 0.6 is 0 Å². The molecular weight excluding hydrogens is 252 g/mol. The predicted octanol–water partition coefficient (Wildman–Crippen LogP) is 2.99. The number of benzene rings is 2. The number of methoxy groups -OCH3 is 2. The highest BCUT2D eigenvalue weighted by Gasteiger charge is 2.10. The third-order valence-electron chi connectivity index (χ3n) is 3.18. The standard InChI is InChI=1S/C16H14N2O2/c1-19-15-9-14-10-16(20-2)12(4-6-18)8-13(14)7-11(15)3-5-17/h7-10H,3-4H2,1-2H3. The van der Waals surface area contributed by atoms with E-state index in [4.69, 9.17) is 20.0 Å². The van der Waals surface area contributed by atoms with Crippen molar-refractivity contribution in [3.8, 4) is 23.6 Å². The molecule has 0 aliphatic rings. The molecule has 0 atom stereocenters. The molecule has 0 aromatic heterocycles. The van der Waals surface area contributed by atoms with Crippen LogP contribution in [0.25, 0.3) is 10.8 Å². The van der Waals surface area contributed by atoms with E-state index in [9.17, 15) is 0 Å². The smallest absolute Gasteiger partial charge is 0.123 e. The minimum atomic E-state index is 0.290. The van der Waals surface area contributed by atoms with Gasteiger partial charge in [0, 0.05) is 11.1 Å². The highest BCUT2D eigenvalue weighted by Crippen LogP contribution is 2.31. The first-order chi connectivity index (χ1) is 9.73. The molecule has 4 nitrogen and oxygen atoms in total. The van der Waals surface area contributed by atoms with E-state index in [-0.39, 0.29) is 0 Å². The van der Waals surface area contributed by atoms with Gasteiger partial charge in [-0.3, -0.25) is 0 Å². The summed E-state index contributed by atoms with van der Waals surface area (Å²) in [5.74, 6) is 1.38. The van der Waals surface area contributed by atoms with Gasteiger partial charge >= 0.3 is 0 Å². The molecule has 0 N–H and O–H groups in total. The molecule has 2 aromatic carbocycles. The Labute approximate surface area is 117 Å². The molecule has 20 heavy (non-hydrogen) atoms. The van der Waals surface area contributed by atoms with E-state index in [0.717, 1.165) is 21.9 Å². The Balaban J connectivity index is 2.67. The summed E-state index contributed by atoms with van der Waals surface area (Å²) in [6, 6.07) is 11.9. The number of ether oxygens (including phenoxy) is 2. The summed E-state index contributed by atoms with van der Waals surface area (Å²) in [4.78, 5) is 0. The number of hydrogen-bond acceptors (Lipinski definition) is 4. The average Bonchev–Trinajstić information content (AvgIpc) is 2.46. The first kappa shape index (κ1) is 13.7. The summed E-state index contributed by atoms with van der Waals surface area (Å²) in [5, 5.41) is 19.7. The molecule has 100 valence electrons. The van der Waals surface area contributed by atoms with Crippen LogP contribution in [0.1, 0.15) is 11.1 Å². The largest absolute Gasteiger partial charge is 0.496 e. The predicted molar refractivity (Wildman–Crippen MR) is 75.7 cm³/mol. The minimum absolute atomic E-state index is 0.290. The molecule has 0 aliphatic heterocycles. The van der Waals surface area contributed by atoms with Gasteiger partial charge in [0.15, 0.2) is 0 Å². The Morgan fingerprint density at radius 1 is 0.800 bits per heavy atom. The zero-order valence-corrected chi connectivity index (χ0v) is 11.4. The molecule has 0 saturated heterocycles. The van der Waals surface area contributed by atoms with E-state index >= 15 is 0 Å². The Morgan fingerprint density at radius 2 is 1.20 bits per heavy atom. The maximum atomic E-state index is 8.86. The number of nitrogens with zero attached hydrogens (tertiary/aromatic N) is 2. The molecule has 4 heteroatoms. The van der Waals surface area contributed by atoms with Crippen LogP contribution in [0.5, 0.6) is 11.5 Å². The van der Waals surface area contributed by atoms with Crippen molar-refractivity contribution in [2.45, 2.75) is 12.8 Å². The molecule has 2 aromatic rings. The summed E-state index contributed by atoms with van der Waals surface area (Å²) < 4.78 is 10.6. The molecule has 0 aliphatic carbocycles. The lowest BCUT2D eigenvalue weighted by atomic mass is 10.00. The van der Waals surface area contributed by atoms with Crippen molar-refractivity contribution in [1.82, 2.24) is 0 Å². The van der Waals surface area contributed by atoms with E-state index < -0.39 is 0 Å². The Morgan fingerprint density at radius 3 is 1.55 bits per heavy atom. The zero-order chi connectivity index (χ0) is 14.5. The molecule has 2 rings (SSSR count). The van der Waals surface area contributed by atoms with Crippen molar-refractivity contribution in [2.24, 2.45) is 0 Å². The molecule has 0 amide bonds. The fourth-order valence-corrected chi connectivity index (χ4v) is 2.23. The van der Waals surface area contributed by atoms with Crippen molar-refractivity contribution in [1.29, 1.82) is 10.5 Å². The van der Waals surface area contributed by atoms with Crippen LogP contribution in [-0.4, -0.2) is 14.2 Å². The van der Waals surface area contributed by atoms with Gasteiger partial charge in [0.1, 0.15) is 11.5 Å². The lowest BCUT2D eigenvalue weighted by Gasteiger charge is -2.11. The zero-order valence-electron chi connectivity index (χ0n) is 11.4. The average molecular weight is 266 g/mol. The molecule has 0 bridgehead atoms. The van der Waals surface area contributed by atoms with Gasteiger partial charge in [-0.25, -0.2) is 0 Å². The number of nitriles is 2. The van der Waals surface area contributed by atoms with Gasteiger partial charge in [-0.05, 0) is 35.0 Å². The van der Waals surface area contributed by atoms with Crippen LogP contribution in [0.2, 0.25) is 0 Å². The second-order valence-electron chi connectivity index (χ2n) is 4.35. The topological polar surface area (TPSA) is 66.0 Å². The summed E-state index contributed by atoms with van der Waals surface area (Å²) in [5.41, 5.74) is 1.69. The lowest BCUT2D eigenvalue weighted by Crippen LogP contribution is -1.95. The molecule has 0 unspecified atom stereocenters. The monoisotopic (exact) mass is 266 g/mol. The van der Waals surface area contributed by atoms with Crippen LogP contribution in [0.3, 0.4) is 0 Å². The number of rotatable bonds is 4. The molecule has 0 fully saturated rings. The summed E-state index contributed by atoms with van der Waals surface area (Å²) >= 11 is 0. The second kappa shape index (κ2) is 5.95. The fourth-order valence-electron chi connectivity index (χ4n) is 2.23. The lowest BCUT2D eigenvalue weighted by molar-refractivity contribution is 0.410. The van der Waals surface area contributed by atoms with Gasteiger partial charge in [-0.2, -0.15) is 10.5 Å². The number of fused-ring (bicyclic) bond motifs is 1. The van der Waals surface area contributed by atoms with E-state index in [0.29, 0.717) is 24.3 Å². The van der Waals surface area contributed by atoms with Gasteiger partial charge < -0.3 is 9.47 Å². The quantitative estimate of drug-likeness (QED) is 0.853. The van der Waals surface area contributed by atoms with Gasteiger partial charge in [0.05, 0.1) is 39.2 Å².